The van der Waals surface area contributed by atoms with Gasteiger partial charge in [0.2, 0.25) is 15.9 Å². The van der Waals surface area contributed by atoms with Crippen molar-refractivity contribution in [2.45, 2.75) is 23.1 Å². The normalized spacial score (nSPS) is 15.7. The topological polar surface area (TPSA) is 109 Å². The number of likely N-dealkylation sites (tertiary alicyclic amines) is 1. The quantitative estimate of drug-likeness (QED) is 0.661. The number of nitrogens with zero attached hydrogens (tertiary/aromatic N) is 1. The number of nitrogens with one attached hydrogen (secondary N) is 2. The molecular weight excluding hydrogens is 458 g/mol. The fourth-order valence-electron chi connectivity index (χ4n) is 2.73. The van der Waals surface area contributed by atoms with Gasteiger partial charge >= 0.3 is 0 Å². The van der Waals surface area contributed by atoms with Gasteiger partial charge in [-0.05, 0) is 52.4 Å². The molecule has 2 N–H and O–H groups in total. The standard InChI is InChI=1S/C16H18BrN3O5S2/c17-13-4-3-12(25-13)16(22)18-10-14(21)20-7-5-11(6-8-20)19-27(23,24)15-2-1-9-26-15/h1-4,9,11,19H,5-8,10H2,(H,18,22). The molecule has 0 unspecified atom stereocenters. The third-order valence-electron chi connectivity index (χ3n) is 4.13. The number of carbonyl (C=O) groups excluding carboxylic acids is 2. The number of rotatable bonds is 6. The fourth-order valence-corrected chi connectivity index (χ4v) is 5.35. The molecule has 0 aromatic carbocycles. The summed E-state index contributed by atoms with van der Waals surface area (Å²) in [6.07, 6.45) is 1.05. The van der Waals surface area contributed by atoms with Crippen LogP contribution in [0.4, 0.5) is 0 Å². The van der Waals surface area contributed by atoms with Gasteiger partial charge in [-0.15, -0.1) is 11.3 Å². The number of amides is 2. The lowest BCUT2D eigenvalue weighted by atomic mass is 10.1. The molecule has 1 saturated heterocycles. The highest BCUT2D eigenvalue weighted by Gasteiger charge is 2.27. The average molecular weight is 476 g/mol. The van der Waals surface area contributed by atoms with Crippen molar-refractivity contribution in [3.05, 3.63) is 40.1 Å². The molecule has 146 valence electrons. The van der Waals surface area contributed by atoms with E-state index in [1.807, 2.05) is 0 Å². The summed E-state index contributed by atoms with van der Waals surface area (Å²) in [5.41, 5.74) is 0. The largest absolute Gasteiger partial charge is 0.444 e. The Morgan fingerprint density at radius 1 is 1.26 bits per heavy atom. The molecule has 0 atom stereocenters. The number of hydrogen-bond acceptors (Lipinski definition) is 6. The minimum Gasteiger partial charge on any atom is -0.444 e. The zero-order chi connectivity index (χ0) is 19.4. The van der Waals surface area contributed by atoms with Gasteiger partial charge in [0.1, 0.15) is 4.21 Å². The number of hydrogen-bond donors (Lipinski definition) is 2. The molecule has 3 rings (SSSR count). The van der Waals surface area contributed by atoms with Crippen LogP contribution in [0, 0.1) is 0 Å². The predicted molar refractivity (Wildman–Crippen MR) is 103 cm³/mol. The number of carbonyl (C=O) groups is 2. The molecule has 0 bridgehead atoms. The minimum absolute atomic E-state index is 0.122. The highest BCUT2D eigenvalue weighted by atomic mass is 79.9. The van der Waals surface area contributed by atoms with Gasteiger partial charge in [0.05, 0.1) is 6.54 Å². The molecule has 0 saturated carbocycles. The van der Waals surface area contributed by atoms with Gasteiger partial charge in [-0.2, -0.15) is 0 Å². The molecule has 8 nitrogen and oxygen atoms in total. The van der Waals surface area contributed by atoms with Crippen molar-refractivity contribution < 1.29 is 22.4 Å². The van der Waals surface area contributed by atoms with Crippen LogP contribution in [0.3, 0.4) is 0 Å². The average Bonchev–Trinajstić information content (AvgIpc) is 3.32. The van der Waals surface area contributed by atoms with Crippen molar-refractivity contribution in [3.63, 3.8) is 0 Å². The van der Waals surface area contributed by atoms with Crippen LogP contribution in [0.25, 0.3) is 0 Å². The van der Waals surface area contributed by atoms with E-state index in [-0.39, 0.29) is 28.5 Å². The van der Waals surface area contributed by atoms with E-state index >= 15 is 0 Å². The summed E-state index contributed by atoms with van der Waals surface area (Å²) in [4.78, 5) is 25.8. The summed E-state index contributed by atoms with van der Waals surface area (Å²) in [7, 11) is -3.51. The van der Waals surface area contributed by atoms with Crippen LogP contribution in [-0.4, -0.2) is 50.8 Å². The van der Waals surface area contributed by atoms with Crippen molar-refractivity contribution in [1.29, 1.82) is 0 Å². The molecule has 11 heteroatoms. The van der Waals surface area contributed by atoms with Crippen LogP contribution in [0.15, 0.2) is 42.9 Å². The van der Waals surface area contributed by atoms with Crippen molar-refractivity contribution in [3.8, 4) is 0 Å². The van der Waals surface area contributed by atoms with Crippen LogP contribution >= 0.6 is 27.3 Å². The third-order valence-corrected chi connectivity index (χ3v) is 7.47. The summed E-state index contributed by atoms with van der Waals surface area (Å²) in [6.45, 7) is 0.722. The van der Waals surface area contributed by atoms with Gasteiger partial charge in [-0.25, -0.2) is 13.1 Å². The molecule has 2 aromatic heterocycles. The highest BCUT2D eigenvalue weighted by Crippen LogP contribution is 2.19. The highest BCUT2D eigenvalue weighted by molar-refractivity contribution is 9.10. The SMILES string of the molecule is O=C(NCC(=O)N1CCC(NS(=O)(=O)c2cccs2)CC1)c1ccc(Br)o1. The Labute approximate surface area is 169 Å². The Hall–Kier alpha value is -1.69. The Morgan fingerprint density at radius 2 is 2.00 bits per heavy atom. The number of halogens is 1. The lowest BCUT2D eigenvalue weighted by Crippen LogP contribution is -2.48. The summed E-state index contributed by atoms with van der Waals surface area (Å²) in [5, 5.41) is 4.24. The van der Waals surface area contributed by atoms with Crippen LogP contribution in [-0.2, 0) is 14.8 Å². The van der Waals surface area contributed by atoms with Gasteiger partial charge in [0.15, 0.2) is 10.4 Å². The van der Waals surface area contributed by atoms with Gasteiger partial charge < -0.3 is 14.6 Å². The number of furan rings is 1. The maximum Gasteiger partial charge on any atom is 0.287 e. The van der Waals surface area contributed by atoms with E-state index in [1.54, 1.807) is 28.5 Å². The Morgan fingerprint density at radius 3 is 2.59 bits per heavy atom. The second-order valence-corrected chi connectivity index (χ2v) is 9.66. The first-order chi connectivity index (χ1) is 12.8. The zero-order valence-corrected chi connectivity index (χ0v) is 17.4. The van der Waals surface area contributed by atoms with Gasteiger partial charge in [-0.1, -0.05) is 6.07 Å². The minimum atomic E-state index is -3.51. The van der Waals surface area contributed by atoms with E-state index in [1.165, 1.54) is 17.4 Å². The molecule has 27 heavy (non-hydrogen) atoms. The first-order valence-electron chi connectivity index (χ1n) is 8.22. The first-order valence-corrected chi connectivity index (χ1v) is 11.4. The molecule has 1 aliphatic rings. The molecular formula is C16H18BrN3O5S2. The first kappa shape index (κ1) is 20.1. The van der Waals surface area contributed by atoms with Gasteiger partial charge in [0, 0.05) is 19.1 Å². The third kappa shape index (κ3) is 5.18. The molecule has 0 aliphatic carbocycles. The molecule has 0 spiro atoms. The van der Waals surface area contributed by atoms with Gasteiger partial charge in [-0.3, -0.25) is 9.59 Å². The molecule has 1 aliphatic heterocycles. The maximum atomic E-state index is 12.3. The van der Waals surface area contributed by atoms with Crippen molar-refractivity contribution in [2.24, 2.45) is 0 Å². The summed E-state index contributed by atoms with van der Waals surface area (Å²) < 4.78 is 33.0. The zero-order valence-electron chi connectivity index (χ0n) is 14.2. The van der Waals surface area contributed by atoms with Crippen molar-refractivity contribution in [2.75, 3.05) is 19.6 Å². The van der Waals surface area contributed by atoms with E-state index in [2.05, 4.69) is 26.0 Å². The van der Waals surface area contributed by atoms with Crippen LogP contribution in [0.5, 0.6) is 0 Å². The van der Waals surface area contributed by atoms with Crippen LogP contribution < -0.4 is 10.0 Å². The fraction of sp³-hybridized carbons (Fsp3) is 0.375. The molecule has 0 radical (unpaired) electrons. The number of piperidine rings is 1. The Bertz CT molecular complexity index is 902. The molecule has 1 fully saturated rings. The van der Waals surface area contributed by atoms with E-state index in [9.17, 15) is 18.0 Å². The summed E-state index contributed by atoms with van der Waals surface area (Å²) >= 11 is 4.28. The van der Waals surface area contributed by atoms with E-state index in [0.29, 0.717) is 30.6 Å². The Kier molecular flexibility index (Phi) is 6.35. The molecule has 2 aromatic rings. The lowest BCUT2D eigenvalue weighted by Gasteiger charge is -2.32. The summed E-state index contributed by atoms with van der Waals surface area (Å²) in [5.74, 6) is -0.558. The second kappa shape index (κ2) is 8.55. The van der Waals surface area contributed by atoms with Crippen LogP contribution in [0.2, 0.25) is 0 Å². The molecule has 2 amide bonds. The van der Waals surface area contributed by atoms with E-state index in [4.69, 9.17) is 4.42 Å². The van der Waals surface area contributed by atoms with Gasteiger partial charge in [0.25, 0.3) is 5.91 Å². The number of thiophene rings is 1. The van der Waals surface area contributed by atoms with E-state index in [0.717, 1.165) is 0 Å². The van der Waals surface area contributed by atoms with Crippen molar-refractivity contribution in [1.82, 2.24) is 14.9 Å². The maximum absolute atomic E-state index is 12.3. The predicted octanol–water partition coefficient (Wildman–Crippen LogP) is 1.80. The van der Waals surface area contributed by atoms with E-state index < -0.39 is 15.9 Å². The smallest absolute Gasteiger partial charge is 0.287 e. The van der Waals surface area contributed by atoms with Crippen LogP contribution in [0.1, 0.15) is 23.4 Å². The molecule has 3 heterocycles. The lowest BCUT2D eigenvalue weighted by molar-refractivity contribution is -0.131. The Balaban J connectivity index is 1.44. The second-order valence-electron chi connectivity index (χ2n) is 5.99. The van der Waals surface area contributed by atoms with Crippen molar-refractivity contribution >= 4 is 49.1 Å². The number of sulfonamides is 1. The monoisotopic (exact) mass is 475 g/mol. The summed E-state index contributed by atoms with van der Waals surface area (Å²) in [6, 6.07) is 6.15.